The van der Waals surface area contributed by atoms with Gasteiger partial charge in [-0.25, -0.2) is 0 Å². The molecule has 2 atom stereocenters. The van der Waals surface area contributed by atoms with Crippen LogP contribution in [0, 0.1) is 45.3 Å². The molecule has 1 heterocycles. The number of phenols is 1. The smallest absolute Gasteiger partial charge is 0.192 e. The quantitative estimate of drug-likeness (QED) is 0.420. The fourth-order valence-corrected chi connectivity index (χ4v) is 5.89. The van der Waals surface area contributed by atoms with Crippen molar-refractivity contribution in [3.8, 4) is 24.0 Å². The van der Waals surface area contributed by atoms with Crippen molar-refractivity contribution in [1.29, 1.82) is 15.8 Å². The molecule has 0 amide bonds. The molecule has 0 radical (unpaired) electrons. The van der Waals surface area contributed by atoms with E-state index in [-0.39, 0.29) is 28.0 Å². The number of allylic oxidation sites excluding steroid dienone is 2. The van der Waals surface area contributed by atoms with Gasteiger partial charge in [0.1, 0.15) is 11.8 Å². The van der Waals surface area contributed by atoms with Gasteiger partial charge >= 0.3 is 0 Å². The first-order valence-electron chi connectivity index (χ1n) is 12.1. The first-order valence-corrected chi connectivity index (χ1v) is 12.5. The molecule has 5 rings (SSSR count). The van der Waals surface area contributed by atoms with Gasteiger partial charge in [0.2, 0.25) is 0 Å². The number of hydrogen-bond donors (Lipinski definition) is 3. The van der Waals surface area contributed by atoms with Crippen LogP contribution >= 0.6 is 12.2 Å². The Balaban J connectivity index is 1.76. The summed E-state index contributed by atoms with van der Waals surface area (Å²) in [6, 6.07) is 27.1. The monoisotopic (exact) mass is 516 g/mol. The van der Waals surface area contributed by atoms with Crippen molar-refractivity contribution in [2.75, 3.05) is 25.5 Å². The third-order valence-corrected chi connectivity index (χ3v) is 7.53. The Labute approximate surface area is 226 Å². The second-order valence-corrected chi connectivity index (χ2v) is 9.93. The molecule has 186 valence electrons. The van der Waals surface area contributed by atoms with Gasteiger partial charge in [-0.3, -0.25) is 0 Å². The number of likely N-dealkylation sites (N-methyl/N-ethyl adjacent to an activating group) is 1. The summed E-state index contributed by atoms with van der Waals surface area (Å²) in [5.41, 5.74) is 0.501. The molecule has 1 aliphatic carbocycles. The summed E-state index contributed by atoms with van der Waals surface area (Å²) in [7, 11) is 1.95. The Morgan fingerprint density at radius 1 is 1.00 bits per heavy atom. The molecule has 3 aromatic rings. The Morgan fingerprint density at radius 3 is 2.42 bits per heavy atom. The van der Waals surface area contributed by atoms with Gasteiger partial charge in [0.15, 0.2) is 10.5 Å². The number of hydrogen-bond acceptors (Lipinski definition) is 6. The maximum atomic E-state index is 11.2. The van der Waals surface area contributed by atoms with Crippen LogP contribution in [0.25, 0.3) is 10.8 Å². The Kier molecular flexibility index (Phi) is 6.57. The number of aromatic hydroxyl groups is 1. The first kappa shape index (κ1) is 25.0. The van der Waals surface area contributed by atoms with Crippen molar-refractivity contribution in [3.63, 3.8) is 0 Å². The van der Waals surface area contributed by atoms with Crippen molar-refractivity contribution in [2.45, 2.75) is 5.92 Å². The highest BCUT2D eigenvalue weighted by Gasteiger charge is 2.56. The molecule has 7 nitrogen and oxygen atoms in total. The number of fused-ring (bicyclic) bond motifs is 2. The van der Waals surface area contributed by atoms with Gasteiger partial charge in [-0.15, -0.1) is 0 Å². The number of para-hydroxylation sites is 1. The minimum absolute atomic E-state index is 0.000830. The van der Waals surface area contributed by atoms with E-state index in [1.165, 1.54) is 0 Å². The zero-order chi connectivity index (χ0) is 26.9. The van der Waals surface area contributed by atoms with E-state index in [1.54, 1.807) is 6.07 Å². The minimum atomic E-state index is -1.84. The van der Waals surface area contributed by atoms with Crippen LogP contribution in [0.3, 0.4) is 0 Å². The van der Waals surface area contributed by atoms with E-state index < -0.39 is 11.3 Å². The van der Waals surface area contributed by atoms with Crippen LogP contribution in [-0.4, -0.2) is 35.3 Å². The van der Waals surface area contributed by atoms with E-state index >= 15 is 0 Å². The zero-order valence-electron chi connectivity index (χ0n) is 20.6. The number of anilines is 1. The molecule has 3 N–H and O–H groups in total. The van der Waals surface area contributed by atoms with Gasteiger partial charge in [0, 0.05) is 36.2 Å². The number of nitrogens with one attached hydrogen (secondary N) is 2. The SMILES string of the molecule is CN1CC=C2C(C#N)=C(NC(=S)Nc3ccccc3)C(C#N)(C#N)[C@H](c3c(O)ccc4ccccc34)[C@@H]2C1. The fourth-order valence-electron chi connectivity index (χ4n) is 5.67. The maximum absolute atomic E-state index is 11.2. The van der Waals surface area contributed by atoms with E-state index in [0.717, 1.165) is 22.0 Å². The van der Waals surface area contributed by atoms with Crippen LogP contribution in [0.15, 0.2) is 89.6 Å². The number of rotatable bonds is 3. The van der Waals surface area contributed by atoms with Crippen molar-refractivity contribution in [3.05, 3.63) is 95.2 Å². The first-order chi connectivity index (χ1) is 18.4. The van der Waals surface area contributed by atoms with Crippen LogP contribution in [0.4, 0.5) is 5.69 Å². The van der Waals surface area contributed by atoms with Crippen LogP contribution < -0.4 is 10.6 Å². The molecular weight excluding hydrogens is 492 g/mol. The molecule has 0 aromatic heterocycles. The van der Waals surface area contributed by atoms with Crippen LogP contribution in [0.1, 0.15) is 11.5 Å². The largest absolute Gasteiger partial charge is 0.508 e. The molecule has 8 heteroatoms. The van der Waals surface area contributed by atoms with E-state index in [0.29, 0.717) is 18.7 Å². The molecule has 38 heavy (non-hydrogen) atoms. The summed E-state index contributed by atoms with van der Waals surface area (Å²) in [6.07, 6.45) is 1.97. The highest BCUT2D eigenvalue weighted by molar-refractivity contribution is 7.80. The lowest BCUT2D eigenvalue weighted by Gasteiger charge is -2.46. The third kappa shape index (κ3) is 4.05. The van der Waals surface area contributed by atoms with Crippen molar-refractivity contribution < 1.29 is 5.11 Å². The highest BCUT2D eigenvalue weighted by Crippen LogP contribution is 2.57. The molecule has 0 bridgehead atoms. The summed E-state index contributed by atoms with van der Waals surface area (Å²) in [5.74, 6) is -1.17. The molecular formula is C30H24N6OS. The standard InChI is InChI=1S/C30H24N6OS/c1-36-14-13-22-23(15-31)28(35-29(38)34-20-8-3-2-4-9-20)30(17-32,18-33)27(24(22)16-36)26-21-10-6-5-7-19(21)11-12-25(26)37/h2-13,24,27,37H,14,16H2,1H3,(H2,34,35,38)/t24-,27+/m1/s1. The number of benzene rings is 3. The van der Waals surface area contributed by atoms with Crippen molar-refractivity contribution in [2.24, 2.45) is 11.3 Å². The number of nitriles is 3. The second kappa shape index (κ2) is 10.00. The predicted octanol–water partition coefficient (Wildman–Crippen LogP) is 4.93. The predicted molar refractivity (Wildman–Crippen MR) is 150 cm³/mol. The van der Waals surface area contributed by atoms with E-state index in [9.17, 15) is 20.9 Å². The van der Waals surface area contributed by atoms with Crippen LogP contribution in [0.5, 0.6) is 5.75 Å². The minimum Gasteiger partial charge on any atom is -0.508 e. The topological polar surface area (TPSA) is 119 Å². The molecule has 0 saturated heterocycles. The summed E-state index contributed by atoms with van der Waals surface area (Å²) in [6.45, 7) is 1.12. The van der Waals surface area contributed by atoms with Crippen LogP contribution in [-0.2, 0) is 0 Å². The van der Waals surface area contributed by atoms with E-state index in [4.69, 9.17) is 12.2 Å². The Bertz CT molecular complexity index is 1610. The lowest BCUT2D eigenvalue weighted by Crippen LogP contribution is -2.49. The van der Waals surface area contributed by atoms with Crippen molar-refractivity contribution >= 4 is 33.8 Å². The average Bonchev–Trinajstić information content (AvgIpc) is 2.93. The highest BCUT2D eigenvalue weighted by atomic mass is 32.1. The van der Waals surface area contributed by atoms with Gasteiger partial charge in [-0.2, -0.15) is 15.8 Å². The summed E-state index contributed by atoms with van der Waals surface area (Å²) in [5, 5.41) is 51.0. The zero-order valence-corrected chi connectivity index (χ0v) is 21.5. The number of nitrogens with zero attached hydrogens (tertiary/aromatic N) is 4. The second-order valence-electron chi connectivity index (χ2n) is 9.52. The van der Waals surface area contributed by atoms with E-state index in [1.807, 2.05) is 73.8 Å². The normalized spacial score (nSPS) is 20.3. The van der Waals surface area contributed by atoms with Gasteiger partial charge in [0.05, 0.1) is 23.4 Å². The lowest BCUT2D eigenvalue weighted by molar-refractivity contribution is 0.234. The lowest BCUT2D eigenvalue weighted by atomic mass is 9.57. The average molecular weight is 517 g/mol. The fraction of sp³-hybridized carbons (Fsp3) is 0.200. The van der Waals surface area contributed by atoms with Crippen LogP contribution in [0.2, 0.25) is 0 Å². The third-order valence-electron chi connectivity index (χ3n) is 7.33. The molecule has 1 aliphatic heterocycles. The van der Waals surface area contributed by atoms with E-state index in [2.05, 4.69) is 33.7 Å². The number of phenolic OH excluding ortho intramolecular Hbond substituents is 1. The van der Waals surface area contributed by atoms with Gasteiger partial charge < -0.3 is 20.6 Å². The van der Waals surface area contributed by atoms with Gasteiger partial charge in [0.25, 0.3) is 0 Å². The summed E-state index contributed by atoms with van der Waals surface area (Å²) in [4.78, 5) is 2.08. The van der Waals surface area contributed by atoms with Crippen molar-refractivity contribution in [1.82, 2.24) is 10.2 Å². The molecule has 2 aliphatic rings. The molecule has 0 spiro atoms. The molecule has 3 aromatic carbocycles. The molecule has 0 fully saturated rings. The van der Waals surface area contributed by atoms with Gasteiger partial charge in [-0.05, 0) is 53.8 Å². The van der Waals surface area contributed by atoms with Gasteiger partial charge in [-0.1, -0.05) is 54.6 Å². The summed E-state index contributed by atoms with van der Waals surface area (Å²) >= 11 is 5.58. The summed E-state index contributed by atoms with van der Waals surface area (Å²) < 4.78 is 0. The molecule has 0 saturated carbocycles. The Morgan fingerprint density at radius 2 is 1.71 bits per heavy atom. The maximum Gasteiger partial charge on any atom is 0.192 e. The number of thiocarbonyl (C=S) groups is 1. The Hall–Kier alpha value is -4.68. The molecule has 0 unspecified atom stereocenters.